The van der Waals surface area contributed by atoms with Crippen molar-refractivity contribution in [2.45, 2.75) is 32.7 Å². The number of hydrogen-bond acceptors (Lipinski definition) is 5. The summed E-state index contributed by atoms with van der Waals surface area (Å²) in [5, 5.41) is 0. The van der Waals surface area contributed by atoms with Crippen molar-refractivity contribution in [3.8, 4) is 0 Å². The van der Waals surface area contributed by atoms with Gasteiger partial charge in [-0.1, -0.05) is 13.8 Å². The molecule has 0 amide bonds. The summed E-state index contributed by atoms with van der Waals surface area (Å²) in [6, 6.07) is 1.79. The first kappa shape index (κ1) is 14.7. The zero-order valence-corrected chi connectivity index (χ0v) is 13.7. The highest BCUT2D eigenvalue weighted by Crippen LogP contribution is 2.24. The zero-order valence-electron chi connectivity index (χ0n) is 11.3. The third-order valence-electron chi connectivity index (χ3n) is 3.18. The molecule has 0 aliphatic carbocycles. The minimum absolute atomic E-state index is 0.0550. The molecule has 5 nitrogen and oxygen atoms in total. The van der Waals surface area contributed by atoms with Crippen LogP contribution in [-0.2, 0) is 9.84 Å². The maximum Gasteiger partial charge on any atom is 0.154 e. The van der Waals surface area contributed by atoms with Crippen molar-refractivity contribution in [3.05, 3.63) is 16.5 Å². The normalized spacial score (nSPS) is 22.8. The largest absolute Gasteiger partial charge is 0.352 e. The molecule has 1 aromatic heterocycles. The van der Waals surface area contributed by atoms with Crippen LogP contribution in [-0.4, -0.2) is 42.5 Å². The lowest BCUT2D eigenvalue weighted by molar-refractivity contribution is 0.566. The van der Waals surface area contributed by atoms with Crippen molar-refractivity contribution in [1.29, 1.82) is 0 Å². The quantitative estimate of drug-likeness (QED) is 0.765. The number of hydrogen-bond donors (Lipinski definition) is 0. The van der Waals surface area contributed by atoms with E-state index in [-0.39, 0.29) is 23.5 Å². The van der Waals surface area contributed by atoms with Gasteiger partial charge in [-0.25, -0.2) is 18.4 Å². The highest BCUT2D eigenvalue weighted by Gasteiger charge is 2.29. The molecule has 1 atom stereocenters. The first-order chi connectivity index (χ1) is 8.78. The molecular weight excluding hydrogens is 330 g/mol. The molecule has 2 heterocycles. The van der Waals surface area contributed by atoms with Crippen LogP contribution in [0.4, 0.5) is 5.82 Å². The SMILES string of the molecule is CC(C)c1nc(Br)cc(N2CCS(=O)(=O)CC2C)n1. The summed E-state index contributed by atoms with van der Waals surface area (Å²) >= 11 is 3.39. The van der Waals surface area contributed by atoms with E-state index in [0.29, 0.717) is 6.54 Å². The van der Waals surface area contributed by atoms with E-state index in [4.69, 9.17) is 0 Å². The van der Waals surface area contributed by atoms with Gasteiger partial charge in [-0.15, -0.1) is 0 Å². The number of sulfone groups is 1. The van der Waals surface area contributed by atoms with Crippen LogP contribution in [0, 0.1) is 0 Å². The number of halogens is 1. The van der Waals surface area contributed by atoms with E-state index in [1.165, 1.54) is 0 Å². The van der Waals surface area contributed by atoms with E-state index in [9.17, 15) is 8.42 Å². The molecule has 1 aromatic rings. The van der Waals surface area contributed by atoms with E-state index in [0.717, 1.165) is 16.2 Å². The number of anilines is 1. The lowest BCUT2D eigenvalue weighted by atomic mass is 10.2. The lowest BCUT2D eigenvalue weighted by Crippen LogP contribution is -2.47. The number of nitrogens with zero attached hydrogens (tertiary/aromatic N) is 3. The Morgan fingerprint density at radius 3 is 2.68 bits per heavy atom. The maximum atomic E-state index is 11.6. The summed E-state index contributed by atoms with van der Waals surface area (Å²) in [7, 11) is -2.91. The van der Waals surface area contributed by atoms with E-state index < -0.39 is 9.84 Å². The predicted molar refractivity (Wildman–Crippen MR) is 79.3 cm³/mol. The van der Waals surface area contributed by atoms with E-state index >= 15 is 0 Å². The minimum atomic E-state index is -2.91. The molecule has 7 heteroatoms. The first-order valence-electron chi connectivity index (χ1n) is 6.30. The molecule has 1 saturated heterocycles. The fourth-order valence-electron chi connectivity index (χ4n) is 2.17. The van der Waals surface area contributed by atoms with Gasteiger partial charge < -0.3 is 4.90 Å². The van der Waals surface area contributed by atoms with Crippen LogP contribution < -0.4 is 4.90 Å². The van der Waals surface area contributed by atoms with Crippen molar-refractivity contribution in [3.63, 3.8) is 0 Å². The second kappa shape index (κ2) is 5.36. The Morgan fingerprint density at radius 2 is 2.11 bits per heavy atom. The topological polar surface area (TPSA) is 63.2 Å². The molecule has 106 valence electrons. The summed E-state index contributed by atoms with van der Waals surface area (Å²) < 4.78 is 24.0. The molecule has 19 heavy (non-hydrogen) atoms. The monoisotopic (exact) mass is 347 g/mol. The third kappa shape index (κ3) is 3.45. The summed E-state index contributed by atoms with van der Waals surface area (Å²) in [6.45, 7) is 6.48. The molecule has 0 aromatic carbocycles. The molecule has 0 saturated carbocycles. The van der Waals surface area contributed by atoms with Gasteiger partial charge >= 0.3 is 0 Å². The van der Waals surface area contributed by atoms with Gasteiger partial charge in [-0.3, -0.25) is 0 Å². The van der Waals surface area contributed by atoms with Crippen molar-refractivity contribution in [1.82, 2.24) is 9.97 Å². The molecule has 1 fully saturated rings. The molecule has 1 aliphatic rings. The fourth-order valence-corrected chi connectivity index (χ4v) is 4.11. The van der Waals surface area contributed by atoms with Gasteiger partial charge in [0.15, 0.2) is 9.84 Å². The predicted octanol–water partition coefficient (Wildman–Crippen LogP) is 1.99. The van der Waals surface area contributed by atoms with Gasteiger partial charge in [0.05, 0.1) is 11.5 Å². The van der Waals surface area contributed by atoms with Gasteiger partial charge in [0.2, 0.25) is 0 Å². The van der Waals surface area contributed by atoms with Crippen LogP contribution >= 0.6 is 15.9 Å². The summed E-state index contributed by atoms with van der Waals surface area (Å²) in [4.78, 5) is 10.9. The Hall–Kier alpha value is -0.690. The molecular formula is C12H18BrN3O2S. The average molecular weight is 348 g/mol. The van der Waals surface area contributed by atoms with Crippen LogP contribution in [0.5, 0.6) is 0 Å². The molecule has 1 unspecified atom stereocenters. The van der Waals surface area contributed by atoms with Crippen LogP contribution in [0.25, 0.3) is 0 Å². The van der Waals surface area contributed by atoms with Crippen molar-refractivity contribution < 1.29 is 8.42 Å². The summed E-state index contributed by atoms with van der Waals surface area (Å²) in [5.41, 5.74) is 0. The molecule has 0 bridgehead atoms. The Morgan fingerprint density at radius 1 is 1.42 bits per heavy atom. The van der Waals surface area contributed by atoms with Gasteiger partial charge in [-0.2, -0.15) is 0 Å². The third-order valence-corrected chi connectivity index (χ3v) is 5.38. The molecule has 1 aliphatic heterocycles. The smallest absolute Gasteiger partial charge is 0.154 e. The minimum Gasteiger partial charge on any atom is -0.352 e. The van der Waals surface area contributed by atoms with Crippen molar-refractivity contribution >= 4 is 31.6 Å². The second-order valence-electron chi connectivity index (χ2n) is 5.22. The number of rotatable bonds is 2. The Bertz CT molecular complexity index is 574. The van der Waals surface area contributed by atoms with E-state index in [1.54, 1.807) is 0 Å². The first-order valence-corrected chi connectivity index (χ1v) is 8.91. The van der Waals surface area contributed by atoms with Crippen molar-refractivity contribution in [2.24, 2.45) is 0 Å². The van der Waals surface area contributed by atoms with Crippen LogP contribution in [0.2, 0.25) is 0 Å². The van der Waals surface area contributed by atoms with E-state index in [1.807, 2.05) is 31.7 Å². The molecule has 0 spiro atoms. The summed E-state index contributed by atoms with van der Waals surface area (Å²) in [5.74, 6) is 2.18. The van der Waals surface area contributed by atoms with Crippen LogP contribution in [0.1, 0.15) is 32.5 Å². The molecule has 0 N–H and O–H groups in total. The Labute approximate surface area is 122 Å². The fraction of sp³-hybridized carbons (Fsp3) is 0.667. The van der Waals surface area contributed by atoms with Crippen LogP contribution in [0.15, 0.2) is 10.7 Å². The van der Waals surface area contributed by atoms with Gasteiger partial charge in [0.1, 0.15) is 16.2 Å². The van der Waals surface area contributed by atoms with Gasteiger partial charge in [0, 0.05) is 24.6 Å². The van der Waals surface area contributed by atoms with Gasteiger partial charge in [-0.05, 0) is 22.9 Å². The van der Waals surface area contributed by atoms with Crippen molar-refractivity contribution in [2.75, 3.05) is 23.0 Å². The lowest BCUT2D eigenvalue weighted by Gasteiger charge is -2.34. The standard InChI is InChI=1S/C12H18BrN3O2S/c1-8(2)12-14-10(13)6-11(15-12)16-4-5-19(17,18)7-9(16)3/h6,8-9H,4-5,7H2,1-3H3. The average Bonchev–Trinajstić information content (AvgIpc) is 2.26. The van der Waals surface area contributed by atoms with Crippen LogP contribution in [0.3, 0.4) is 0 Å². The number of aromatic nitrogens is 2. The highest BCUT2D eigenvalue weighted by atomic mass is 79.9. The Kier molecular flexibility index (Phi) is 4.15. The van der Waals surface area contributed by atoms with E-state index in [2.05, 4.69) is 25.9 Å². The molecule has 0 radical (unpaired) electrons. The Balaban J connectivity index is 2.32. The second-order valence-corrected chi connectivity index (χ2v) is 8.26. The maximum absolute atomic E-state index is 11.6. The summed E-state index contributed by atoms with van der Waals surface area (Å²) in [6.07, 6.45) is 0. The molecule has 2 rings (SSSR count). The van der Waals surface area contributed by atoms with Gasteiger partial charge in [0.25, 0.3) is 0 Å². The zero-order chi connectivity index (χ0) is 14.2. The highest BCUT2D eigenvalue weighted by molar-refractivity contribution is 9.10.